The van der Waals surface area contributed by atoms with Crippen LogP contribution >= 0.6 is 24.0 Å². The summed E-state index contributed by atoms with van der Waals surface area (Å²) in [7, 11) is 3.57. The van der Waals surface area contributed by atoms with E-state index < -0.39 is 0 Å². The molecule has 168 valence electrons. The molecule has 2 aromatic rings. The van der Waals surface area contributed by atoms with Crippen molar-refractivity contribution in [3.63, 3.8) is 0 Å². The molecule has 1 N–H and O–H groups in total. The zero-order valence-corrected chi connectivity index (χ0v) is 20.2. The normalized spacial score (nSPS) is 14.1. The molecule has 0 aliphatic carbocycles. The highest BCUT2D eigenvalue weighted by atomic mass is 127. The summed E-state index contributed by atoms with van der Waals surface area (Å²) in [5, 5.41) is 3.21. The number of carbonyl (C=O) groups excluding carboxylic acids is 1. The number of anilines is 1. The highest BCUT2D eigenvalue weighted by Crippen LogP contribution is 2.10. The van der Waals surface area contributed by atoms with Gasteiger partial charge >= 0.3 is 0 Å². The molecule has 1 aliphatic rings. The van der Waals surface area contributed by atoms with Gasteiger partial charge in [0, 0.05) is 72.2 Å². The highest BCUT2D eigenvalue weighted by molar-refractivity contribution is 14.0. The predicted octanol–water partition coefficient (Wildman–Crippen LogP) is 1.98. The molecule has 0 saturated carbocycles. The number of aliphatic imine (C=N–C) groups is 1. The predicted molar refractivity (Wildman–Crippen MR) is 130 cm³/mol. The second kappa shape index (κ2) is 12.4. The molecular formula is C21H29FIN7O. The molecular weight excluding hydrogens is 512 g/mol. The maximum atomic E-state index is 13.4. The number of hydrogen-bond donors (Lipinski definition) is 1. The van der Waals surface area contributed by atoms with Crippen molar-refractivity contribution in [2.24, 2.45) is 4.99 Å². The lowest BCUT2D eigenvalue weighted by Crippen LogP contribution is -2.50. The van der Waals surface area contributed by atoms with Crippen LogP contribution < -0.4 is 10.2 Å². The van der Waals surface area contributed by atoms with Crippen molar-refractivity contribution in [3.8, 4) is 0 Å². The Kier molecular flexibility index (Phi) is 9.89. The van der Waals surface area contributed by atoms with Crippen molar-refractivity contribution in [2.75, 3.05) is 51.7 Å². The SMILES string of the molecule is CN=C(NCCC(=O)N1CCN(c2ncccn2)CC1)N(C)Cc1cccc(F)c1.I. The Bertz CT molecular complexity index is 860. The van der Waals surface area contributed by atoms with E-state index in [4.69, 9.17) is 0 Å². The second-order valence-corrected chi connectivity index (χ2v) is 7.13. The van der Waals surface area contributed by atoms with Crippen LogP contribution in [0.2, 0.25) is 0 Å². The van der Waals surface area contributed by atoms with Gasteiger partial charge in [0.1, 0.15) is 5.82 Å². The number of aromatic nitrogens is 2. The summed E-state index contributed by atoms with van der Waals surface area (Å²) in [4.78, 5) is 31.2. The lowest BCUT2D eigenvalue weighted by molar-refractivity contribution is -0.131. The van der Waals surface area contributed by atoms with Gasteiger partial charge in [0.25, 0.3) is 0 Å². The third-order valence-electron chi connectivity index (χ3n) is 4.97. The third kappa shape index (κ3) is 7.30. The number of carbonyl (C=O) groups is 1. The molecule has 10 heteroatoms. The first-order chi connectivity index (χ1) is 14.6. The Morgan fingerprint density at radius 1 is 1.19 bits per heavy atom. The minimum atomic E-state index is -0.256. The molecule has 1 aromatic carbocycles. The van der Waals surface area contributed by atoms with E-state index in [0.717, 1.165) is 18.7 Å². The Labute approximate surface area is 199 Å². The maximum absolute atomic E-state index is 13.4. The van der Waals surface area contributed by atoms with Crippen LogP contribution in [0.3, 0.4) is 0 Å². The topological polar surface area (TPSA) is 77.0 Å². The Morgan fingerprint density at radius 2 is 1.90 bits per heavy atom. The van der Waals surface area contributed by atoms with Crippen LogP contribution in [0.4, 0.5) is 10.3 Å². The van der Waals surface area contributed by atoms with Gasteiger partial charge in [0.05, 0.1) is 0 Å². The van der Waals surface area contributed by atoms with Gasteiger partial charge in [-0.2, -0.15) is 0 Å². The van der Waals surface area contributed by atoms with Gasteiger partial charge in [-0.05, 0) is 23.8 Å². The van der Waals surface area contributed by atoms with Gasteiger partial charge in [-0.15, -0.1) is 24.0 Å². The summed E-state index contributed by atoms with van der Waals surface area (Å²) in [5.74, 6) is 1.22. The minimum absolute atomic E-state index is 0. The smallest absolute Gasteiger partial charge is 0.225 e. The van der Waals surface area contributed by atoms with E-state index in [0.29, 0.717) is 44.5 Å². The van der Waals surface area contributed by atoms with E-state index in [9.17, 15) is 9.18 Å². The summed E-state index contributed by atoms with van der Waals surface area (Å²) in [6, 6.07) is 8.29. The molecule has 0 atom stereocenters. The number of halogens is 2. The summed E-state index contributed by atoms with van der Waals surface area (Å²) in [5.41, 5.74) is 0.858. The number of hydrogen-bond acceptors (Lipinski definition) is 5. The van der Waals surface area contributed by atoms with Crippen molar-refractivity contribution in [1.29, 1.82) is 0 Å². The van der Waals surface area contributed by atoms with Crippen LogP contribution in [0.25, 0.3) is 0 Å². The number of rotatable bonds is 6. The summed E-state index contributed by atoms with van der Waals surface area (Å²) >= 11 is 0. The summed E-state index contributed by atoms with van der Waals surface area (Å²) in [6.07, 6.45) is 3.84. The molecule has 31 heavy (non-hydrogen) atoms. The van der Waals surface area contributed by atoms with E-state index in [1.165, 1.54) is 12.1 Å². The molecule has 1 aromatic heterocycles. The fourth-order valence-electron chi connectivity index (χ4n) is 3.42. The van der Waals surface area contributed by atoms with Crippen LogP contribution in [0, 0.1) is 5.82 Å². The number of piperazine rings is 1. The number of nitrogens with zero attached hydrogens (tertiary/aromatic N) is 6. The fraction of sp³-hybridized carbons (Fsp3) is 0.429. The molecule has 1 fully saturated rings. The zero-order chi connectivity index (χ0) is 21.3. The quantitative estimate of drug-likeness (QED) is 0.343. The lowest BCUT2D eigenvalue weighted by atomic mass is 10.2. The van der Waals surface area contributed by atoms with Crippen LogP contribution in [-0.2, 0) is 11.3 Å². The number of benzene rings is 1. The van der Waals surface area contributed by atoms with Crippen molar-refractivity contribution in [2.45, 2.75) is 13.0 Å². The summed E-state index contributed by atoms with van der Waals surface area (Å²) in [6.45, 7) is 3.77. The van der Waals surface area contributed by atoms with Gasteiger partial charge in [-0.25, -0.2) is 14.4 Å². The van der Waals surface area contributed by atoms with Crippen LogP contribution in [0.15, 0.2) is 47.7 Å². The molecule has 2 heterocycles. The largest absolute Gasteiger partial charge is 0.356 e. The average Bonchev–Trinajstić information content (AvgIpc) is 2.77. The first-order valence-electron chi connectivity index (χ1n) is 10.0. The molecule has 1 amide bonds. The van der Waals surface area contributed by atoms with Gasteiger partial charge in [-0.3, -0.25) is 9.79 Å². The lowest BCUT2D eigenvalue weighted by Gasteiger charge is -2.34. The highest BCUT2D eigenvalue weighted by Gasteiger charge is 2.22. The first kappa shape index (κ1) is 24.8. The monoisotopic (exact) mass is 541 g/mol. The van der Waals surface area contributed by atoms with Gasteiger partial charge in [-0.1, -0.05) is 12.1 Å². The molecule has 0 radical (unpaired) electrons. The van der Waals surface area contributed by atoms with Crippen LogP contribution in [0.1, 0.15) is 12.0 Å². The molecule has 8 nitrogen and oxygen atoms in total. The van der Waals surface area contributed by atoms with Gasteiger partial charge < -0.3 is 20.0 Å². The van der Waals surface area contributed by atoms with Crippen molar-refractivity contribution in [1.82, 2.24) is 25.1 Å². The standard InChI is InChI=1S/C21H28FN7O.HI/c1-23-20(27(2)16-17-5-3-6-18(22)15-17)26-10-7-19(30)28-11-13-29(14-12-28)21-24-8-4-9-25-21;/h3-6,8-9,15H,7,10-14,16H2,1-2H3,(H,23,26);1H. The van der Waals surface area contributed by atoms with Crippen molar-refractivity contribution in [3.05, 3.63) is 54.1 Å². The average molecular weight is 541 g/mol. The molecule has 0 unspecified atom stereocenters. The minimum Gasteiger partial charge on any atom is -0.356 e. The molecule has 1 aliphatic heterocycles. The molecule has 3 rings (SSSR count). The van der Waals surface area contributed by atoms with Gasteiger partial charge in [0.15, 0.2) is 5.96 Å². The van der Waals surface area contributed by atoms with E-state index in [2.05, 4.69) is 25.2 Å². The van der Waals surface area contributed by atoms with E-state index in [1.54, 1.807) is 31.6 Å². The first-order valence-corrected chi connectivity index (χ1v) is 10.0. The zero-order valence-electron chi connectivity index (χ0n) is 17.9. The molecule has 0 bridgehead atoms. The Hall–Kier alpha value is -2.50. The maximum Gasteiger partial charge on any atom is 0.225 e. The molecule has 1 saturated heterocycles. The number of nitrogens with one attached hydrogen (secondary N) is 1. The Morgan fingerprint density at radius 3 is 2.55 bits per heavy atom. The second-order valence-electron chi connectivity index (χ2n) is 7.13. The number of amides is 1. The van der Waals surface area contributed by atoms with Crippen molar-refractivity contribution >= 4 is 41.8 Å². The molecule has 0 spiro atoms. The van der Waals surface area contributed by atoms with E-state index in [1.807, 2.05) is 22.9 Å². The fourth-order valence-corrected chi connectivity index (χ4v) is 3.42. The van der Waals surface area contributed by atoms with E-state index in [-0.39, 0.29) is 35.7 Å². The Balaban J connectivity index is 0.00000341. The van der Waals surface area contributed by atoms with Crippen LogP contribution in [0.5, 0.6) is 0 Å². The summed E-state index contributed by atoms with van der Waals surface area (Å²) < 4.78 is 13.4. The van der Waals surface area contributed by atoms with E-state index >= 15 is 0 Å². The third-order valence-corrected chi connectivity index (χ3v) is 4.97. The number of guanidine groups is 1. The van der Waals surface area contributed by atoms with Crippen LogP contribution in [-0.4, -0.2) is 78.5 Å². The van der Waals surface area contributed by atoms with Crippen molar-refractivity contribution < 1.29 is 9.18 Å². The van der Waals surface area contributed by atoms with Gasteiger partial charge in [0.2, 0.25) is 11.9 Å².